The summed E-state index contributed by atoms with van der Waals surface area (Å²) in [6.07, 6.45) is 1.49. The van der Waals surface area contributed by atoms with E-state index in [9.17, 15) is 9.18 Å². The van der Waals surface area contributed by atoms with Crippen LogP contribution in [0.15, 0.2) is 24.4 Å². The van der Waals surface area contributed by atoms with Gasteiger partial charge in [0.25, 0.3) is 0 Å². The van der Waals surface area contributed by atoms with Gasteiger partial charge in [-0.2, -0.15) is 0 Å². The molecular weight excluding hydrogens is 237 g/mol. The van der Waals surface area contributed by atoms with E-state index < -0.39 is 17.8 Å². The quantitative estimate of drug-likeness (QED) is 0.722. The summed E-state index contributed by atoms with van der Waals surface area (Å²) in [5.74, 6) is -1.20. The Morgan fingerprint density at radius 3 is 2.89 bits per heavy atom. The maximum Gasteiger partial charge on any atom is 0.325 e. The number of halogens is 1. The van der Waals surface area contributed by atoms with Crippen LogP contribution in [-0.4, -0.2) is 22.1 Å². The highest BCUT2D eigenvalue weighted by molar-refractivity contribution is 5.99. The standard InChI is InChI=1S/C12H12FN3O2/c1-6(12(17)18)16-11-9-4-7(13)5-10(14)8(9)2-3-15-11/h2-6H,14H2,1H3,(H,15,16)(H,17,18). The molecule has 0 radical (unpaired) electrons. The highest BCUT2D eigenvalue weighted by atomic mass is 19.1. The second-order valence-corrected chi connectivity index (χ2v) is 3.95. The van der Waals surface area contributed by atoms with Crippen LogP contribution in [0, 0.1) is 5.82 Å². The zero-order valence-corrected chi connectivity index (χ0v) is 9.64. The molecule has 1 aromatic carbocycles. The van der Waals surface area contributed by atoms with E-state index in [1.54, 1.807) is 6.07 Å². The minimum atomic E-state index is -1.02. The minimum absolute atomic E-state index is 0.290. The molecule has 0 saturated heterocycles. The third kappa shape index (κ3) is 2.17. The first-order valence-electron chi connectivity index (χ1n) is 5.32. The van der Waals surface area contributed by atoms with E-state index >= 15 is 0 Å². The molecule has 6 heteroatoms. The van der Waals surface area contributed by atoms with Crippen molar-refractivity contribution in [3.63, 3.8) is 0 Å². The van der Waals surface area contributed by atoms with Crippen LogP contribution in [0.3, 0.4) is 0 Å². The van der Waals surface area contributed by atoms with Gasteiger partial charge in [-0.3, -0.25) is 4.79 Å². The maximum atomic E-state index is 13.3. The Morgan fingerprint density at radius 2 is 2.22 bits per heavy atom. The lowest BCUT2D eigenvalue weighted by molar-refractivity contribution is -0.137. The van der Waals surface area contributed by atoms with E-state index in [0.717, 1.165) is 0 Å². The van der Waals surface area contributed by atoms with Crippen molar-refractivity contribution in [2.75, 3.05) is 11.1 Å². The smallest absolute Gasteiger partial charge is 0.325 e. The van der Waals surface area contributed by atoms with Crippen molar-refractivity contribution in [1.29, 1.82) is 0 Å². The van der Waals surface area contributed by atoms with E-state index in [0.29, 0.717) is 22.3 Å². The number of benzene rings is 1. The average Bonchev–Trinajstić information content (AvgIpc) is 2.29. The number of nitrogens with two attached hydrogens (primary N) is 1. The van der Waals surface area contributed by atoms with E-state index in [4.69, 9.17) is 10.8 Å². The van der Waals surface area contributed by atoms with Crippen molar-refractivity contribution in [2.24, 2.45) is 0 Å². The Balaban J connectivity index is 2.54. The van der Waals surface area contributed by atoms with Crippen molar-refractivity contribution >= 4 is 28.2 Å². The number of anilines is 2. The summed E-state index contributed by atoms with van der Waals surface area (Å²) < 4.78 is 13.3. The molecule has 1 aromatic heterocycles. The Morgan fingerprint density at radius 1 is 1.50 bits per heavy atom. The number of hydrogen-bond donors (Lipinski definition) is 3. The molecule has 0 fully saturated rings. The number of carboxylic acids is 1. The lowest BCUT2D eigenvalue weighted by Crippen LogP contribution is -2.26. The van der Waals surface area contributed by atoms with Gasteiger partial charge in [-0.05, 0) is 25.1 Å². The molecule has 94 valence electrons. The summed E-state index contributed by atoms with van der Waals surface area (Å²) in [5, 5.41) is 12.6. The first-order valence-corrected chi connectivity index (χ1v) is 5.32. The summed E-state index contributed by atoms with van der Waals surface area (Å²) in [5.41, 5.74) is 5.99. The van der Waals surface area contributed by atoms with Crippen LogP contribution in [-0.2, 0) is 4.79 Å². The molecule has 18 heavy (non-hydrogen) atoms. The van der Waals surface area contributed by atoms with E-state index in [2.05, 4.69) is 10.3 Å². The number of nitrogens with zero attached hydrogens (tertiary/aromatic N) is 1. The summed E-state index contributed by atoms with van der Waals surface area (Å²) in [4.78, 5) is 14.8. The molecule has 1 heterocycles. The first-order chi connectivity index (χ1) is 8.49. The predicted octanol–water partition coefficient (Wildman–Crippen LogP) is 1.84. The van der Waals surface area contributed by atoms with Gasteiger partial charge in [0, 0.05) is 22.7 Å². The number of rotatable bonds is 3. The summed E-state index contributed by atoms with van der Waals surface area (Å²) in [6, 6.07) is 3.32. The largest absolute Gasteiger partial charge is 0.480 e. The van der Waals surface area contributed by atoms with Crippen LogP contribution < -0.4 is 11.1 Å². The Hall–Kier alpha value is -2.37. The first kappa shape index (κ1) is 12.1. The van der Waals surface area contributed by atoms with Crippen molar-refractivity contribution in [2.45, 2.75) is 13.0 Å². The van der Waals surface area contributed by atoms with Crippen molar-refractivity contribution < 1.29 is 14.3 Å². The molecule has 0 aliphatic rings. The second kappa shape index (κ2) is 4.48. The molecule has 0 saturated carbocycles. The number of aliphatic carboxylic acids is 1. The number of aromatic nitrogens is 1. The SMILES string of the molecule is CC(Nc1nccc2c(N)cc(F)cc12)C(=O)O. The summed E-state index contributed by atoms with van der Waals surface area (Å²) in [7, 11) is 0. The summed E-state index contributed by atoms with van der Waals surface area (Å²) >= 11 is 0. The molecule has 0 bridgehead atoms. The van der Waals surface area contributed by atoms with E-state index in [1.165, 1.54) is 25.3 Å². The molecular formula is C12H12FN3O2. The fourth-order valence-electron chi connectivity index (χ4n) is 1.66. The third-order valence-electron chi connectivity index (χ3n) is 2.60. The number of nitrogens with one attached hydrogen (secondary N) is 1. The molecule has 0 spiro atoms. The van der Waals surface area contributed by atoms with Gasteiger partial charge in [0.05, 0.1) is 0 Å². The third-order valence-corrected chi connectivity index (χ3v) is 2.60. The van der Waals surface area contributed by atoms with Crippen LogP contribution in [0.4, 0.5) is 15.9 Å². The lowest BCUT2D eigenvalue weighted by atomic mass is 10.1. The number of nitrogen functional groups attached to an aromatic ring is 1. The fourth-order valence-corrected chi connectivity index (χ4v) is 1.66. The molecule has 0 aliphatic heterocycles. The topological polar surface area (TPSA) is 88.2 Å². The van der Waals surface area contributed by atoms with Crippen LogP contribution in [0.5, 0.6) is 0 Å². The van der Waals surface area contributed by atoms with E-state index in [-0.39, 0.29) is 0 Å². The molecule has 1 atom stereocenters. The number of carbonyl (C=O) groups is 1. The Bertz CT molecular complexity index is 616. The maximum absolute atomic E-state index is 13.3. The molecule has 0 aliphatic carbocycles. The Labute approximate surface area is 102 Å². The highest BCUT2D eigenvalue weighted by Gasteiger charge is 2.13. The van der Waals surface area contributed by atoms with Crippen molar-refractivity contribution in [3.8, 4) is 0 Å². The van der Waals surface area contributed by atoms with Crippen LogP contribution >= 0.6 is 0 Å². The molecule has 1 unspecified atom stereocenters. The normalized spacial score (nSPS) is 12.3. The highest BCUT2D eigenvalue weighted by Crippen LogP contribution is 2.27. The fraction of sp³-hybridized carbons (Fsp3) is 0.167. The van der Waals surface area contributed by atoms with Crippen LogP contribution in [0.1, 0.15) is 6.92 Å². The molecule has 2 rings (SSSR count). The summed E-state index contributed by atoms with van der Waals surface area (Å²) in [6.45, 7) is 1.48. The Kier molecular flexibility index (Phi) is 3.01. The van der Waals surface area contributed by atoms with Crippen LogP contribution in [0.25, 0.3) is 10.8 Å². The zero-order valence-electron chi connectivity index (χ0n) is 9.64. The van der Waals surface area contributed by atoms with Crippen molar-refractivity contribution in [3.05, 3.63) is 30.2 Å². The average molecular weight is 249 g/mol. The van der Waals surface area contributed by atoms with Gasteiger partial charge in [0.1, 0.15) is 17.7 Å². The lowest BCUT2D eigenvalue weighted by Gasteiger charge is -2.13. The molecule has 0 amide bonds. The number of hydrogen-bond acceptors (Lipinski definition) is 4. The minimum Gasteiger partial charge on any atom is -0.480 e. The van der Waals surface area contributed by atoms with Gasteiger partial charge >= 0.3 is 5.97 Å². The van der Waals surface area contributed by atoms with Gasteiger partial charge in [0.15, 0.2) is 0 Å². The predicted molar refractivity (Wildman–Crippen MR) is 66.8 cm³/mol. The number of fused-ring (bicyclic) bond motifs is 1. The van der Waals surface area contributed by atoms with Gasteiger partial charge in [-0.15, -0.1) is 0 Å². The van der Waals surface area contributed by atoms with Gasteiger partial charge in [-0.25, -0.2) is 9.37 Å². The number of pyridine rings is 1. The van der Waals surface area contributed by atoms with Gasteiger partial charge in [0.2, 0.25) is 0 Å². The number of carboxylic acid groups (broad SMARTS) is 1. The second-order valence-electron chi connectivity index (χ2n) is 3.95. The zero-order chi connectivity index (χ0) is 13.3. The molecule has 5 nitrogen and oxygen atoms in total. The monoisotopic (exact) mass is 249 g/mol. The van der Waals surface area contributed by atoms with Crippen molar-refractivity contribution in [1.82, 2.24) is 4.98 Å². The van der Waals surface area contributed by atoms with Gasteiger partial charge < -0.3 is 16.2 Å². The molecule has 4 N–H and O–H groups in total. The van der Waals surface area contributed by atoms with Crippen LogP contribution in [0.2, 0.25) is 0 Å². The van der Waals surface area contributed by atoms with E-state index in [1.807, 2.05) is 0 Å². The van der Waals surface area contributed by atoms with Gasteiger partial charge in [-0.1, -0.05) is 0 Å². The molecule has 2 aromatic rings.